The highest BCUT2D eigenvalue weighted by molar-refractivity contribution is 7.18. The first-order valence-electron chi connectivity index (χ1n) is 9.11. The van der Waals surface area contributed by atoms with Gasteiger partial charge >= 0.3 is 6.01 Å². The molecule has 1 fully saturated rings. The molecule has 4 rings (SSSR count). The van der Waals surface area contributed by atoms with E-state index in [-0.39, 0.29) is 6.04 Å². The summed E-state index contributed by atoms with van der Waals surface area (Å²) in [4.78, 5) is 20.0. The van der Waals surface area contributed by atoms with Gasteiger partial charge in [0, 0.05) is 25.6 Å². The van der Waals surface area contributed by atoms with Crippen molar-refractivity contribution in [1.29, 1.82) is 0 Å². The molecule has 0 spiro atoms. The molecule has 142 valence electrons. The Morgan fingerprint density at radius 3 is 2.85 bits per heavy atom. The Balaban J connectivity index is 1.55. The summed E-state index contributed by atoms with van der Waals surface area (Å²) < 4.78 is 12.4. The number of hydrogen-bond donors (Lipinski definition) is 0. The molecule has 3 aromatic heterocycles. The van der Waals surface area contributed by atoms with Crippen LogP contribution in [0.25, 0.3) is 10.2 Å². The second kappa shape index (κ2) is 8.24. The standard InChI is InChI=1S/C19H23N5O2S/c1-24(2)17(18-22-15-11-20-7-4-16(15)27-18)14-3-8-21-19(23-14)26-12-13-5-9-25-10-6-13/h3-4,7-8,11,13,17H,5-6,9-10,12H2,1-2H3. The molecule has 1 saturated heterocycles. The van der Waals surface area contributed by atoms with Crippen molar-refractivity contribution in [3.63, 3.8) is 0 Å². The van der Waals surface area contributed by atoms with Crippen LogP contribution in [0.1, 0.15) is 29.6 Å². The first kappa shape index (κ1) is 18.2. The highest BCUT2D eigenvalue weighted by Crippen LogP contribution is 2.32. The predicted molar refractivity (Wildman–Crippen MR) is 104 cm³/mol. The number of fused-ring (bicyclic) bond motifs is 1. The zero-order valence-electron chi connectivity index (χ0n) is 15.5. The molecule has 0 aliphatic carbocycles. The minimum atomic E-state index is -0.0594. The van der Waals surface area contributed by atoms with Crippen molar-refractivity contribution >= 4 is 21.6 Å². The normalized spacial score (nSPS) is 16.7. The van der Waals surface area contributed by atoms with Crippen LogP contribution in [0.15, 0.2) is 30.7 Å². The smallest absolute Gasteiger partial charge is 0.316 e. The Bertz CT molecular complexity index is 861. The lowest BCUT2D eigenvalue weighted by Gasteiger charge is -2.23. The quantitative estimate of drug-likeness (QED) is 0.646. The molecule has 0 saturated carbocycles. The van der Waals surface area contributed by atoms with E-state index < -0.39 is 0 Å². The van der Waals surface area contributed by atoms with Crippen LogP contribution in [0.2, 0.25) is 0 Å². The van der Waals surface area contributed by atoms with Crippen LogP contribution in [-0.4, -0.2) is 58.8 Å². The summed E-state index contributed by atoms with van der Waals surface area (Å²) in [5.74, 6) is 0.507. The van der Waals surface area contributed by atoms with Crippen LogP contribution in [0.3, 0.4) is 0 Å². The second-order valence-corrected chi connectivity index (χ2v) is 7.95. The summed E-state index contributed by atoms with van der Waals surface area (Å²) in [6.07, 6.45) is 7.40. The minimum absolute atomic E-state index is 0.0594. The van der Waals surface area contributed by atoms with Gasteiger partial charge in [-0.2, -0.15) is 4.98 Å². The number of hydrogen-bond acceptors (Lipinski definition) is 8. The molecule has 27 heavy (non-hydrogen) atoms. The summed E-state index contributed by atoms with van der Waals surface area (Å²) in [5.41, 5.74) is 1.79. The fraction of sp³-hybridized carbons (Fsp3) is 0.474. The number of aromatic nitrogens is 4. The molecule has 8 heteroatoms. The van der Waals surface area contributed by atoms with Gasteiger partial charge in [-0.3, -0.25) is 9.88 Å². The van der Waals surface area contributed by atoms with Gasteiger partial charge in [0.1, 0.15) is 11.0 Å². The van der Waals surface area contributed by atoms with Gasteiger partial charge in [0.25, 0.3) is 0 Å². The van der Waals surface area contributed by atoms with Crippen molar-refractivity contribution in [2.75, 3.05) is 33.9 Å². The number of thiazole rings is 1. The molecular formula is C19H23N5O2S. The van der Waals surface area contributed by atoms with E-state index in [0.717, 1.165) is 47.0 Å². The van der Waals surface area contributed by atoms with Crippen molar-refractivity contribution in [2.24, 2.45) is 5.92 Å². The molecule has 1 unspecified atom stereocenters. The fourth-order valence-electron chi connectivity index (χ4n) is 3.21. The average Bonchev–Trinajstić information content (AvgIpc) is 3.11. The largest absolute Gasteiger partial charge is 0.463 e. The number of rotatable bonds is 6. The molecule has 0 aromatic carbocycles. The summed E-state index contributed by atoms with van der Waals surface area (Å²) in [6, 6.07) is 4.28. The van der Waals surface area contributed by atoms with Crippen molar-refractivity contribution in [1.82, 2.24) is 24.8 Å². The van der Waals surface area contributed by atoms with Gasteiger partial charge in [-0.15, -0.1) is 11.3 Å². The van der Waals surface area contributed by atoms with E-state index in [2.05, 4.69) is 19.9 Å². The molecule has 0 radical (unpaired) electrons. The highest BCUT2D eigenvalue weighted by atomic mass is 32.1. The third kappa shape index (κ3) is 4.23. The van der Waals surface area contributed by atoms with Gasteiger partial charge in [0.05, 0.1) is 28.7 Å². The maximum atomic E-state index is 5.89. The molecule has 0 amide bonds. The Hall–Kier alpha value is -2.16. The number of pyridine rings is 1. The molecule has 0 bridgehead atoms. The Kier molecular flexibility index (Phi) is 5.56. The third-order valence-corrected chi connectivity index (χ3v) is 5.77. The Morgan fingerprint density at radius 2 is 2.07 bits per heavy atom. The zero-order chi connectivity index (χ0) is 18.6. The molecule has 7 nitrogen and oxygen atoms in total. The average molecular weight is 385 g/mol. The van der Waals surface area contributed by atoms with Crippen LogP contribution in [0, 0.1) is 5.92 Å². The van der Waals surface area contributed by atoms with E-state index in [0.29, 0.717) is 18.5 Å². The van der Waals surface area contributed by atoms with Crippen LogP contribution in [0.4, 0.5) is 0 Å². The van der Waals surface area contributed by atoms with Gasteiger partial charge in [-0.25, -0.2) is 9.97 Å². The molecule has 1 aliphatic heterocycles. The lowest BCUT2D eigenvalue weighted by molar-refractivity contribution is 0.0481. The van der Waals surface area contributed by atoms with Crippen LogP contribution in [-0.2, 0) is 4.74 Å². The highest BCUT2D eigenvalue weighted by Gasteiger charge is 2.23. The predicted octanol–water partition coefficient (Wildman–Crippen LogP) is 2.94. The van der Waals surface area contributed by atoms with Crippen LogP contribution in [0.5, 0.6) is 6.01 Å². The van der Waals surface area contributed by atoms with Crippen LogP contribution < -0.4 is 4.74 Å². The van der Waals surface area contributed by atoms with Gasteiger partial charge in [-0.1, -0.05) is 0 Å². The maximum absolute atomic E-state index is 5.89. The van der Waals surface area contributed by atoms with Crippen molar-refractivity contribution in [3.8, 4) is 6.01 Å². The molecule has 4 heterocycles. The number of ether oxygens (including phenoxy) is 2. The third-order valence-electron chi connectivity index (χ3n) is 4.68. The summed E-state index contributed by atoms with van der Waals surface area (Å²) >= 11 is 1.66. The van der Waals surface area contributed by atoms with Gasteiger partial charge in [0.2, 0.25) is 0 Å². The Morgan fingerprint density at radius 1 is 1.22 bits per heavy atom. The number of nitrogens with zero attached hydrogens (tertiary/aromatic N) is 5. The molecular weight excluding hydrogens is 362 g/mol. The molecule has 1 aliphatic rings. The van der Waals surface area contributed by atoms with E-state index in [4.69, 9.17) is 14.5 Å². The van der Waals surface area contributed by atoms with Gasteiger partial charge in [0.15, 0.2) is 0 Å². The molecule has 1 atom stereocenters. The lowest BCUT2D eigenvalue weighted by atomic mass is 10.0. The van der Waals surface area contributed by atoms with E-state index in [9.17, 15) is 0 Å². The fourth-order valence-corrected chi connectivity index (χ4v) is 4.35. The zero-order valence-corrected chi connectivity index (χ0v) is 16.4. The van der Waals surface area contributed by atoms with E-state index >= 15 is 0 Å². The van der Waals surface area contributed by atoms with Crippen LogP contribution >= 0.6 is 11.3 Å². The summed E-state index contributed by atoms with van der Waals surface area (Å²) in [5, 5.41) is 0.983. The summed E-state index contributed by atoms with van der Waals surface area (Å²) in [6.45, 7) is 2.25. The summed E-state index contributed by atoms with van der Waals surface area (Å²) in [7, 11) is 4.05. The lowest BCUT2D eigenvalue weighted by Crippen LogP contribution is -2.23. The van der Waals surface area contributed by atoms with E-state index in [1.165, 1.54) is 0 Å². The van der Waals surface area contributed by atoms with Crippen molar-refractivity contribution < 1.29 is 9.47 Å². The monoisotopic (exact) mass is 385 g/mol. The minimum Gasteiger partial charge on any atom is -0.463 e. The topological polar surface area (TPSA) is 73.3 Å². The first-order valence-corrected chi connectivity index (χ1v) is 9.92. The van der Waals surface area contributed by atoms with Gasteiger partial charge < -0.3 is 9.47 Å². The van der Waals surface area contributed by atoms with Gasteiger partial charge in [-0.05, 0) is 45.0 Å². The van der Waals surface area contributed by atoms with Crippen molar-refractivity contribution in [2.45, 2.75) is 18.9 Å². The van der Waals surface area contributed by atoms with E-state index in [1.807, 2.05) is 26.2 Å². The maximum Gasteiger partial charge on any atom is 0.316 e. The molecule has 0 N–H and O–H groups in total. The Labute approximate surface area is 162 Å². The SMILES string of the molecule is CN(C)C(c1ccnc(OCC2CCOCC2)n1)c1nc2cnccc2s1. The van der Waals surface area contributed by atoms with Crippen molar-refractivity contribution in [3.05, 3.63) is 41.4 Å². The second-order valence-electron chi connectivity index (χ2n) is 6.89. The first-order chi connectivity index (χ1) is 13.2. The molecule has 3 aromatic rings. The van der Waals surface area contributed by atoms with E-state index in [1.54, 1.807) is 29.9 Å².